The molecular weight excluding hydrogens is 398 g/mol. The summed E-state index contributed by atoms with van der Waals surface area (Å²) in [6.45, 7) is 1.01. The highest BCUT2D eigenvalue weighted by atomic mass is 32.1. The number of aliphatic imine (C=N–C) groups is 1. The number of guanidine groups is 1. The molecule has 1 aromatic carbocycles. The van der Waals surface area contributed by atoms with Crippen molar-refractivity contribution in [1.82, 2.24) is 30.2 Å². The van der Waals surface area contributed by atoms with E-state index in [-0.39, 0.29) is 0 Å². The van der Waals surface area contributed by atoms with Crippen LogP contribution in [-0.4, -0.2) is 32.6 Å². The monoisotopic (exact) mass is 417 g/mol. The van der Waals surface area contributed by atoms with Crippen LogP contribution in [0.3, 0.4) is 0 Å². The molecule has 30 heavy (non-hydrogen) atoms. The highest BCUT2D eigenvalue weighted by Gasteiger charge is 2.11. The normalized spacial score (nSPS) is 12.0. The van der Waals surface area contributed by atoms with E-state index >= 15 is 0 Å². The quantitative estimate of drug-likeness (QED) is 0.336. The molecule has 9 heteroatoms. The van der Waals surface area contributed by atoms with Gasteiger partial charge < -0.3 is 15.1 Å². The Morgan fingerprint density at radius 1 is 1.03 bits per heavy atom. The molecule has 5 aromatic rings. The zero-order valence-corrected chi connectivity index (χ0v) is 17.1. The smallest absolute Gasteiger partial charge is 0.191 e. The molecular formula is C21H19N7OS. The van der Waals surface area contributed by atoms with Crippen LogP contribution in [0.5, 0.6) is 0 Å². The van der Waals surface area contributed by atoms with Crippen molar-refractivity contribution in [2.45, 2.75) is 13.1 Å². The number of hydrogen-bond donors (Lipinski definition) is 2. The lowest BCUT2D eigenvalue weighted by Gasteiger charge is -2.10. The first-order valence-corrected chi connectivity index (χ1v) is 10.3. The first-order valence-electron chi connectivity index (χ1n) is 9.48. The van der Waals surface area contributed by atoms with Gasteiger partial charge in [-0.2, -0.15) is 0 Å². The molecule has 0 aliphatic carbocycles. The van der Waals surface area contributed by atoms with Crippen LogP contribution in [0.4, 0.5) is 0 Å². The molecule has 0 spiro atoms. The van der Waals surface area contributed by atoms with Crippen LogP contribution in [0.2, 0.25) is 0 Å². The number of aromatic nitrogens is 4. The average Bonchev–Trinajstić information content (AvgIpc) is 3.51. The van der Waals surface area contributed by atoms with Gasteiger partial charge in [-0.3, -0.25) is 9.39 Å². The van der Waals surface area contributed by atoms with Crippen LogP contribution in [0.15, 0.2) is 70.2 Å². The lowest BCUT2D eigenvalue weighted by atomic mass is 10.3. The predicted octanol–water partition coefficient (Wildman–Crippen LogP) is 3.46. The van der Waals surface area contributed by atoms with Crippen molar-refractivity contribution >= 4 is 33.2 Å². The van der Waals surface area contributed by atoms with Gasteiger partial charge in [-0.15, -0.1) is 21.5 Å². The molecule has 4 heterocycles. The lowest BCUT2D eigenvalue weighted by Crippen LogP contribution is -2.36. The molecule has 4 aromatic heterocycles. The molecule has 0 saturated carbocycles. The summed E-state index contributed by atoms with van der Waals surface area (Å²) in [6, 6.07) is 17.8. The number of pyridine rings is 1. The lowest BCUT2D eigenvalue weighted by molar-refractivity contribution is 0.513. The van der Waals surface area contributed by atoms with Crippen molar-refractivity contribution in [3.63, 3.8) is 0 Å². The molecule has 150 valence electrons. The Morgan fingerprint density at radius 2 is 1.90 bits per heavy atom. The molecule has 0 bridgehead atoms. The highest BCUT2D eigenvalue weighted by Crippen LogP contribution is 2.31. The Bertz CT molecular complexity index is 1300. The van der Waals surface area contributed by atoms with E-state index in [9.17, 15) is 0 Å². The van der Waals surface area contributed by atoms with Crippen molar-refractivity contribution in [3.05, 3.63) is 72.4 Å². The maximum absolute atomic E-state index is 5.98. The number of rotatable bonds is 5. The third-order valence-electron chi connectivity index (χ3n) is 4.62. The molecule has 0 radical (unpaired) electrons. The van der Waals surface area contributed by atoms with Gasteiger partial charge >= 0.3 is 0 Å². The summed E-state index contributed by atoms with van der Waals surface area (Å²) < 4.78 is 9.07. The number of thiazole rings is 1. The van der Waals surface area contributed by atoms with Gasteiger partial charge in [-0.1, -0.05) is 18.2 Å². The van der Waals surface area contributed by atoms with Crippen LogP contribution < -0.4 is 10.6 Å². The second kappa shape index (κ2) is 7.96. The molecule has 0 fully saturated rings. The van der Waals surface area contributed by atoms with Gasteiger partial charge in [0.1, 0.15) is 5.76 Å². The fourth-order valence-electron chi connectivity index (χ4n) is 3.13. The summed E-state index contributed by atoms with van der Waals surface area (Å²) in [5.41, 5.74) is 1.80. The van der Waals surface area contributed by atoms with Crippen molar-refractivity contribution in [3.8, 4) is 10.8 Å². The second-order valence-corrected chi connectivity index (χ2v) is 7.61. The molecule has 0 atom stereocenters. The molecule has 0 unspecified atom stereocenters. The van der Waals surface area contributed by atoms with Gasteiger partial charge in [-0.05, 0) is 36.4 Å². The minimum Gasteiger partial charge on any atom is -0.457 e. The van der Waals surface area contributed by atoms with E-state index in [1.165, 1.54) is 0 Å². The molecule has 8 nitrogen and oxygen atoms in total. The maximum Gasteiger partial charge on any atom is 0.191 e. The average molecular weight is 417 g/mol. The number of furan rings is 1. The van der Waals surface area contributed by atoms with E-state index in [4.69, 9.17) is 4.42 Å². The Kier molecular flexibility index (Phi) is 4.86. The van der Waals surface area contributed by atoms with Crippen LogP contribution in [0, 0.1) is 0 Å². The number of benzene rings is 1. The molecule has 0 amide bonds. The Morgan fingerprint density at radius 3 is 2.80 bits per heavy atom. The van der Waals surface area contributed by atoms with Crippen LogP contribution in [0.25, 0.3) is 26.6 Å². The van der Waals surface area contributed by atoms with Crippen molar-refractivity contribution < 1.29 is 4.42 Å². The summed E-state index contributed by atoms with van der Waals surface area (Å²) >= 11 is 1.62. The van der Waals surface area contributed by atoms with Crippen molar-refractivity contribution in [2.75, 3.05) is 7.05 Å². The standard InChI is InChI=1S/C21H19N7OS/c1-22-21(24-13-19-27-26-18-8-4-5-11-28(18)19)23-12-14-9-10-16(29-14)20-25-15-6-2-3-7-17(15)30-20/h2-11H,12-13H2,1H3,(H2,22,23,24). The number of para-hydroxylation sites is 1. The molecule has 0 aliphatic rings. The first-order chi connectivity index (χ1) is 14.8. The van der Waals surface area contributed by atoms with Crippen molar-refractivity contribution in [2.24, 2.45) is 4.99 Å². The molecule has 2 N–H and O–H groups in total. The minimum absolute atomic E-state index is 0.500. The first kappa shape index (κ1) is 18.3. The largest absolute Gasteiger partial charge is 0.457 e. The topological polar surface area (TPSA) is 92.6 Å². The maximum atomic E-state index is 5.98. The van der Waals surface area contributed by atoms with Crippen molar-refractivity contribution in [1.29, 1.82) is 0 Å². The van der Waals surface area contributed by atoms with E-state index in [1.807, 2.05) is 59.1 Å². The van der Waals surface area contributed by atoms with Gasteiger partial charge in [0, 0.05) is 13.2 Å². The molecule has 5 rings (SSSR count). The third-order valence-corrected chi connectivity index (χ3v) is 5.67. The van der Waals surface area contributed by atoms with Gasteiger partial charge in [0.25, 0.3) is 0 Å². The summed E-state index contributed by atoms with van der Waals surface area (Å²) in [5.74, 6) is 3.04. The number of nitrogens with zero attached hydrogens (tertiary/aromatic N) is 5. The predicted molar refractivity (Wildman–Crippen MR) is 117 cm³/mol. The van der Waals surface area contributed by atoms with Gasteiger partial charge in [-0.25, -0.2) is 4.98 Å². The molecule has 0 aliphatic heterocycles. The van der Waals surface area contributed by atoms with E-state index in [1.54, 1.807) is 18.4 Å². The van der Waals surface area contributed by atoms with Gasteiger partial charge in [0.05, 0.1) is 23.3 Å². The van der Waals surface area contributed by atoms with Crippen LogP contribution >= 0.6 is 11.3 Å². The van der Waals surface area contributed by atoms with E-state index in [0.717, 1.165) is 38.2 Å². The van der Waals surface area contributed by atoms with Gasteiger partial charge in [0.2, 0.25) is 0 Å². The summed E-state index contributed by atoms with van der Waals surface area (Å²) in [4.78, 5) is 8.91. The summed E-state index contributed by atoms with van der Waals surface area (Å²) in [5, 5.41) is 15.8. The van der Waals surface area contributed by atoms with Gasteiger partial charge in [0.15, 0.2) is 28.2 Å². The minimum atomic E-state index is 0.500. The highest BCUT2D eigenvalue weighted by molar-refractivity contribution is 7.21. The SMILES string of the molecule is CN=C(NCc1ccc(-c2nc3ccccc3s2)o1)NCc1nnc2ccccn12. The van der Waals surface area contributed by atoms with E-state index < -0.39 is 0 Å². The Labute approximate surface area is 176 Å². The zero-order valence-electron chi connectivity index (χ0n) is 16.2. The number of nitrogens with one attached hydrogen (secondary N) is 2. The number of hydrogen-bond acceptors (Lipinski definition) is 6. The zero-order chi connectivity index (χ0) is 20.3. The van der Waals surface area contributed by atoms with Crippen LogP contribution in [0.1, 0.15) is 11.6 Å². The van der Waals surface area contributed by atoms with Crippen LogP contribution in [-0.2, 0) is 13.1 Å². The summed E-state index contributed by atoms with van der Waals surface area (Å²) in [7, 11) is 1.73. The fourth-order valence-corrected chi connectivity index (χ4v) is 4.06. The van der Waals surface area contributed by atoms with E-state index in [2.05, 4.69) is 36.9 Å². The second-order valence-electron chi connectivity index (χ2n) is 6.58. The third kappa shape index (κ3) is 3.62. The Balaban J connectivity index is 1.22. The summed E-state index contributed by atoms with van der Waals surface area (Å²) in [6.07, 6.45) is 1.94. The number of fused-ring (bicyclic) bond motifs is 2. The molecule has 0 saturated heterocycles. The fraction of sp³-hybridized carbons (Fsp3) is 0.143. The van der Waals surface area contributed by atoms with E-state index in [0.29, 0.717) is 19.0 Å². The Hall–Kier alpha value is -3.72.